The van der Waals surface area contributed by atoms with E-state index in [-0.39, 0.29) is 0 Å². The van der Waals surface area contributed by atoms with Gasteiger partial charge in [-0.05, 0) is 23.6 Å². The Labute approximate surface area is 205 Å². The zero-order valence-corrected chi connectivity index (χ0v) is 20.2. The Bertz CT molecular complexity index is 1270. The molecule has 1 saturated heterocycles. The molecule has 182 valence electrons. The quantitative estimate of drug-likeness (QED) is 0.366. The van der Waals surface area contributed by atoms with E-state index in [0.717, 1.165) is 62.6 Å². The second kappa shape index (κ2) is 10.8. The second-order valence-electron chi connectivity index (χ2n) is 8.86. The van der Waals surface area contributed by atoms with Gasteiger partial charge in [-0.25, -0.2) is 4.98 Å². The van der Waals surface area contributed by atoms with Crippen LogP contribution in [0.2, 0.25) is 0 Å². The van der Waals surface area contributed by atoms with Gasteiger partial charge in [0.25, 0.3) is 0 Å². The number of hydrogen-bond acceptors (Lipinski definition) is 7. The van der Waals surface area contributed by atoms with Crippen molar-refractivity contribution in [2.75, 3.05) is 38.6 Å². The molecule has 0 spiro atoms. The summed E-state index contributed by atoms with van der Waals surface area (Å²) in [5.74, 6) is 1.15. The Morgan fingerprint density at radius 1 is 0.943 bits per heavy atom. The molecule has 0 bridgehead atoms. The largest absolute Gasteiger partial charge is 0.463 e. The molecule has 3 heterocycles. The van der Waals surface area contributed by atoms with Crippen LogP contribution in [0.4, 0.5) is 5.82 Å². The summed E-state index contributed by atoms with van der Waals surface area (Å²) in [7, 11) is 0. The fraction of sp³-hybridized carbons (Fsp3) is 0.370. The smallest absolute Gasteiger partial charge is 0.320 e. The van der Waals surface area contributed by atoms with Crippen LogP contribution in [0.25, 0.3) is 22.6 Å². The SMILES string of the molecule is CCCCOc1nc(N)c2nc(-c3cccc(CN4CCOCC4)c3)n(Cc3ccccc3)c2n1. The molecule has 1 aliphatic rings. The summed E-state index contributed by atoms with van der Waals surface area (Å²) in [6.45, 7) is 7.65. The lowest BCUT2D eigenvalue weighted by Gasteiger charge is -2.26. The number of morpholine rings is 1. The maximum Gasteiger partial charge on any atom is 0.320 e. The van der Waals surface area contributed by atoms with Gasteiger partial charge in [0.2, 0.25) is 0 Å². The summed E-state index contributed by atoms with van der Waals surface area (Å²) >= 11 is 0. The van der Waals surface area contributed by atoms with Crippen LogP contribution in [0, 0.1) is 0 Å². The van der Waals surface area contributed by atoms with Crippen LogP contribution in [-0.2, 0) is 17.8 Å². The lowest BCUT2D eigenvalue weighted by Crippen LogP contribution is -2.35. The van der Waals surface area contributed by atoms with Crippen LogP contribution >= 0.6 is 0 Å². The molecule has 1 aliphatic heterocycles. The van der Waals surface area contributed by atoms with E-state index in [0.29, 0.717) is 36.1 Å². The van der Waals surface area contributed by atoms with Crippen LogP contribution < -0.4 is 10.5 Å². The highest BCUT2D eigenvalue weighted by Crippen LogP contribution is 2.29. The van der Waals surface area contributed by atoms with E-state index >= 15 is 0 Å². The third kappa shape index (κ3) is 5.44. The summed E-state index contributed by atoms with van der Waals surface area (Å²) < 4.78 is 13.4. The van der Waals surface area contributed by atoms with Gasteiger partial charge in [0.1, 0.15) is 5.82 Å². The first-order valence-electron chi connectivity index (χ1n) is 12.3. The van der Waals surface area contributed by atoms with E-state index in [4.69, 9.17) is 25.2 Å². The fourth-order valence-corrected chi connectivity index (χ4v) is 4.34. The minimum absolute atomic E-state index is 0.297. The predicted molar refractivity (Wildman–Crippen MR) is 137 cm³/mol. The van der Waals surface area contributed by atoms with Gasteiger partial charge < -0.3 is 19.8 Å². The molecule has 35 heavy (non-hydrogen) atoms. The fourth-order valence-electron chi connectivity index (χ4n) is 4.34. The highest BCUT2D eigenvalue weighted by Gasteiger charge is 2.20. The number of ether oxygens (including phenoxy) is 2. The molecule has 5 rings (SSSR count). The number of aromatic nitrogens is 4. The third-order valence-electron chi connectivity index (χ3n) is 6.21. The standard InChI is InChI=1S/C27H32N6O2/c1-2-3-14-35-27-30-24(28)23-26(31-27)33(19-20-8-5-4-6-9-20)25(29-23)22-11-7-10-21(17-22)18-32-12-15-34-16-13-32/h4-11,17H,2-3,12-16,18-19H2,1H3,(H2,28,30,31). The first-order valence-corrected chi connectivity index (χ1v) is 12.3. The highest BCUT2D eigenvalue weighted by atomic mass is 16.5. The molecule has 0 saturated carbocycles. The van der Waals surface area contributed by atoms with Crippen molar-refractivity contribution in [3.8, 4) is 17.4 Å². The van der Waals surface area contributed by atoms with Crippen LogP contribution in [0.15, 0.2) is 54.6 Å². The maximum atomic E-state index is 6.34. The van der Waals surface area contributed by atoms with Crippen LogP contribution in [0.1, 0.15) is 30.9 Å². The topological polar surface area (TPSA) is 91.3 Å². The molecule has 2 N–H and O–H groups in total. The number of imidazole rings is 1. The van der Waals surface area contributed by atoms with Gasteiger partial charge in [-0.3, -0.25) is 4.90 Å². The van der Waals surface area contributed by atoms with Gasteiger partial charge in [-0.1, -0.05) is 61.9 Å². The van der Waals surface area contributed by atoms with E-state index in [2.05, 4.69) is 57.8 Å². The van der Waals surface area contributed by atoms with Crippen molar-refractivity contribution in [1.82, 2.24) is 24.4 Å². The van der Waals surface area contributed by atoms with Crippen molar-refractivity contribution in [1.29, 1.82) is 0 Å². The number of rotatable bonds is 9. The molecule has 2 aromatic carbocycles. The Balaban J connectivity index is 1.55. The van der Waals surface area contributed by atoms with Crippen LogP contribution in [0.3, 0.4) is 0 Å². The van der Waals surface area contributed by atoms with Crippen molar-refractivity contribution in [3.05, 3.63) is 65.7 Å². The van der Waals surface area contributed by atoms with Crippen molar-refractivity contribution in [3.63, 3.8) is 0 Å². The molecule has 2 aromatic heterocycles. The van der Waals surface area contributed by atoms with Gasteiger partial charge >= 0.3 is 6.01 Å². The normalized spacial score (nSPS) is 14.4. The van der Waals surface area contributed by atoms with E-state index in [1.54, 1.807) is 0 Å². The van der Waals surface area contributed by atoms with E-state index in [9.17, 15) is 0 Å². The van der Waals surface area contributed by atoms with Gasteiger partial charge in [0.05, 0.1) is 26.4 Å². The van der Waals surface area contributed by atoms with Gasteiger partial charge in [0, 0.05) is 25.2 Å². The van der Waals surface area contributed by atoms with Crippen molar-refractivity contribution in [2.45, 2.75) is 32.9 Å². The molecule has 8 nitrogen and oxygen atoms in total. The number of unbranched alkanes of at least 4 members (excludes halogenated alkanes) is 1. The minimum atomic E-state index is 0.297. The summed E-state index contributed by atoms with van der Waals surface area (Å²) in [6.07, 6.45) is 1.97. The average Bonchev–Trinajstić information content (AvgIpc) is 3.24. The van der Waals surface area contributed by atoms with Crippen LogP contribution in [-0.4, -0.2) is 57.3 Å². The van der Waals surface area contributed by atoms with Gasteiger partial charge in [-0.15, -0.1) is 0 Å². The molecule has 0 unspecified atom stereocenters. The zero-order chi connectivity index (χ0) is 24.0. The molecule has 1 fully saturated rings. The Morgan fingerprint density at radius 2 is 1.74 bits per heavy atom. The number of fused-ring (bicyclic) bond motifs is 1. The summed E-state index contributed by atoms with van der Waals surface area (Å²) in [5.41, 5.74) is 11.0. The van der Waals surface area contributed by atoms with Crippen molar-refractivity contribution < 1.29 is 9.47 Å². The summed E-state index contributed by atoms with van der Waals surface area (Å²) in [4.78, 5) is 16.4. The first kappa shape index (κ1) is 23.3. The summed E-state index contributed by atoms with van der Waals surface area (Å²) in [6, 6.07) is 19.2. The third-order valence-corrected chi connectivity index (χ3v) is 6.21. The van der Waals surface area contributed by atoms with E-state index in [1.807, 2.05) is 18.2 Å². The number of benzene rings is 2. The number of nitrogens with two attached hydrogens (primary N) is 1. The molecule has 4 aromatic rings. The maximum absolute atomic E-state index is 6.34. The Hall–Kier alpha value is -3.49. The predicted octanol–water partition coefficient (Wildman–Crippen LogP) is 4.13. The van der Waals surface area contributed by atoms with Gasteiger partial charge in [0.15, 0.2) is 17.0 Å². The van der Waals surface area contributed by atoms with Crippen LogP contribution in [0.5, 0.6) is 6.01 Å². The number of nitrogen functional groups attached to an aromatic ring is 1. The summed E-state index contributed by atoms with van der Waals surface area (Å²) in [5, 5.41) is 0. The highest BCUT2D eigenvalue weighted by molar-refractivity contribution is 5.86. The Kier molecular flexibility index (Phi) is 7.20. The van der Waals surface area contributed by atoms with E-state index < -0.39 is 0 Å². The number of nitrogens with zero attached hydrogens (tertiary/aromatic N) is 5. The molecule has 8 heteroatoms. The lowest BCUT2D eigenvalue weighted by atomic mass is 10.1. The minimum Gasteiger partial charge on any atom is -0.463 e. The molecule has 0 radical (unpaired) electrons. The Morgan fingerprint density at radius 3 is 2.54 bits per heavy atom. The molecule has 0 amide bonds. The number of anilines is 1. The van der Waals surface area contributed by atoms with E-state index in [1.165, 1.54) is 5.56 Å². The monoisotopic (exact) mass is 472 g/mol. The molecular formula is C27H32N6O2. The molecule has 0 atom stereocenters. The lowest BCUT2D eigenvalue weighted by molar-refractivity contribution is 0.0342. The first-order chi connectivity index (χ1) is 17.2. The van der Waals surface area contributed by atoms with Crippen molar-refractivity contribution in [2.24, 2.45) is 0 Å². The molecular weight excluding hydrogens is 440 g/mol. The average molecular weight is 473 g/mol. The second-order valence-corrected chi connectivity index (χ2v) is 8.86. The number of hydrogen-bond donors (Lipinski definition) is 1. The van der Waals surface area contributed by atoms with Gasteiger partial charge in [-0.2, -0.15) is 9.97 Å². The zero-order valence-electron chi connectivity index (χ0n) is 20.2. The van der Waals surface area contributed by atoms with Crippen molar-refractivity contribution >= 4 is 17.0 Å². The molecule has 0 aliphatic carbocycles.